The van der Waals surface area contributed by atoms with Crippen LogP contribution in [0, 0.1) is 37.8 Å². The molecular weight excluding hydrogens is 430 g/mol. The molecule has 166 valence electrons. The highest BCUT2D eigenvalue weighted by Crippen LogP contribution is 2.30. The molecule has 1 heterocycles. The second-order valence-corrected chi connectivity index (χ2v) is 9.18. The molecule has 6 heteroatoms. The standard InChI is InChI=1S/C27H25N3O2S/c1-18-5-8-25(15-19(18)2)29-20(3)16-22(21(29)4)17-28-23-6-11-26(12-7-23)33-27-13-9-24(10-14-27)30(31)32/h5-17H,1-4H3. The van der Waals surface area contributed by atoms with Crippen molar-refractivity contribution in [3.63, 3.8) is 0 Å². The maximum atomic E-state index is 10.8. The molecule has 0 aliphatic rings. The number of rotatable bonds is 6. The van der Waals surface area contributed by atoms with Crippen molar-refractivity contribution in [1.82, 2.24) is 4.57 Å². The van der Waals surface area contributed by atoms with Gasteiger partial charge in [-0.1, -0.05) is 17.8 Å². The minimum Gasteiger partial charge on any atom is -0.318 e. The van der Waals surface area contributed by atoms with Gasteiger partial charge in [-0.25, -0.2) is 0 Å². The molecule has 0 fully saturated rings. The lowest BCUT2D eigenvalue weighted by molar-refractivity contribution is -0.384. The molecule has 4 rings (SSSR count). The van der Waals surface area contributed by atoms with Crippen LogP contribution in [0.4, 0.5) is 11.4 Å². The van der Waals surface area contributed by atoms with Crippen LogP contribution in [0.1, 0.15) is 28.1 Å². The molecule has 33 heavy (non-hydrogen) atoms. The van der Waals surface area contributed by atoms with Crippen LogP contribution in [-0.4, -0.2) is 15.7 Å². The molecule has 0 aliphatic heterocycles. The van der Waals surface area contributed by atoms with Gasteiger partial charge >= 0.3 is 0 Å². The molecule has 0 bridgehead atoms. The van der Waals surface area contributed by atoms with Gasteiger partial charge in [0.15, 0.2) is 0 Å². The second kappa shape index (κ2) is 9.46. The van der Waals surface area contributed by atoms with E-state index in [1.165, 1.54) is 34.6 Å². The number of non-ortho nitro benzene ring substituents is 1. The Hall–Kier alpha value is -3.64. The van der Waals surface area contributed by atoms with Crippen LogP contribution >= 0.6 is 11.8 Å². The first-order valence-corrected chi connectivity index (χ1v) is 11.5. The van der Waals surface area contributed by atoms with Gasteiger partial charge in [-0.05, 0) is 93.4 Å². The second-order valence-electron chi connectivity index (χ2n) is 8.04. The van der Waals surface area contributed by atoms with Crippen LogP contribution in [-0.2, 0) is 0 Å². The van der Waals surface area contributed by atoms with Crippen molar-refractivity contribution in [3.05, 3.63) is 111 Å². The Morgan fingerprint density at radius 2 is 1.48 bits per heavy atom. The van der Waals surface area contributed by atoms with Gasteiger partial charge in [0, 0.05) is 50.8 Å². The third kappa shape index (κ3) is 5.07. The lowest BCUT2D eigenvalue weighted by Gasteiger charge is -2.11. The highest BCUT2D eigenvalue weighted by molar-refractivity contribution is 7.99. The van der Waals surface area contributed by atoms with E-state index < -0.39 is 0 Å². The van der Waals surface area contributed by atoms with E-state index in [0.717, 1.165) is 26.7 Å². The lowest BCUT2D eigenvalue weighted by Crippen LogP contribution is -2.00. The maximum Gasteiger partial charge on any atom is 0.269 e. The van der Waals surface area contributed by atoms with E-state index in [4.69, 9.17) is 0 Å². The van der Waals surface area contributed by atoms with Crippen LogP contribution in [0.15, 0.2) is 87.6 Å². The first kappa shape index (κ1) is 22.6. The molecular formula is C27H25N3O2S. The topological polar surface area (TPSA) is 60.4 Å². The van der Waals surface area contributed by atoms with Crippen molar-refractivity contribution in [3.8, 4) is 5.69 Å². The van der Waals surface area contributed by atoms with E-state index in [-0.39, 0.29) is 10.6 Å². The molecule has 0 unspecified atom stereocenters. The van der Waals surface area contributed by atoms with Gasteiger partial charge in [-0.2, -0.15) is 0 Å². The van der Waals surface area contributed by atoms with Crippen LogP contribution in [0.2, 0.25) is 0 Å². The Morgan fingerprint density at radius 3 is 2.09 bits per heavy atom. The summed E-state index contributed by atoms with van der Waals surface area (Å²) < 4.78 is 2.26. The molecule has 0 saturated carbocycles. The van der Waals surface area contributed by atoms with Gasteiger partial charge in [0.05, 0.1) is 10.6 Å². The minimum absolute atomic E-state index is 0.0981. The maximum absolute atomic E-state index is 10.8. The zero-order chi connectivity index (χ0) is 23.5. The number of nitro groups is 1. The summed E-state index contributed by atoms with van der Waals surface area (Å²) in [6, 6.07) is 23.3. The van der Waals surface area contributed by atoms with Gasteiger partial charge < -0.3 is 4.57 Å². The van der Waals surface area contributed by atoms with Crippen LogP contribution in [0.5, 0.6) is 0 Å². The van der Waals surface area contributed by atoms with Crippen molar-refractivity contribution in [1.29, 1.82) is 0 Å². The summed E-state index contributed by atoms with van der Waals surface area (Å²) in [4.78, 5) is 17.1. The first-order chi connectivity index (χ1) is 15.8. The molecule has 0 radical (unpaired) electrons. The molecule has 0 N–H and O–H groups in total. The highest BCUT2D eigenvalue weighted by atomic mass is 32.2. The predicted octanol–water partition coefficient (Wildman–Crippen LogP) is 7.52. The number of nitro benzene ring substituents is 1. The summed E-state index contributed by atoms with van der Waals surface area (Å²) in [6.07, 6.45) is 1.92. The van der Waals surface area contributed by atoms with Crippen molar-refractivity contribution in [2.75, 3.05) is 0 Å². The third-order valence-electron chi connectivity index (χ3n) is 5.69. The zero-order valence-electron chi connectivity index (χ0n) is 19.1. The Kier molecular flexibility index (Phi) is 6.47. The van der Waals surface area contributed by atoms with Crippen LogP contribution in [0.3, 0.4) is 0 Å². The SMILES string of the molecule is Cc1ccc(-n2c(C)cc(C=Nc3ccc(Sc4ccc([N+](=O)[O-])cc4)cc3)c2C)cc1C. The van der Waals surface area contributed by atoms with Crippen molar-refractivity contribution in [2.24, 2.45) is 4.99 Å². The van der Waals surface area contributed by atoms with Gasteiger partial charge in [0.1, 0.15) is 0 Å². The summed E-state index contributed by atoms with van der Waals surface area (Å²) in [5.74, 6) is 0. The summed E-state index contributed by atoms with van der Waals surface area (Å²) in [5.41, 5.74) is 8.13. The number of hydrogen-bond donors (Lipinski definition) is 0. The summed E-state index contributed by atoms with van der Waals surface area (Å²) >= 11 is 1.56. The van der Waals surface area contributed by atoms with Gasteiger partial charge in [0.2, 0.25) is 0 Å². The minimum atomic E-state index is -0.388. The molecule has 0 spiro atoms. The normalized spacial score (nSPS) is 11.3. The van der Waals surface area contributed by atoms with Crippen molar-refractivity contribution in [2.45, 2.75) is 37.5 Å². The molecule has 4 aromatic rings. The van der Waals surface area contributed by atoms with E-state index in [0.29, 0.717) is 0 Å². The fourth-order valence-electron chi connectivity index (χ4n) is 3.70. The van der Waals surface area contributed by atoms with E-state index in [1.54, 1.807) is 23.9 Å². The number of nitrogens with zero attached hydrogens (tertiary/aromatic N) is 3. The number of hydrogen-bond acceptors (Lipinski definition) is 4. The van der Waals surface area contributed by atoms with Crippen molar-refractivity contribution < 1.29 is 4.92 Å². The largest absolute Gasteiger partial charge is 0.318 e. The molecule has 3 aromatic carbocycles. The fraction of sp³-hybridized carbons (Fsp3) is 0.148. The highest BCUT2D eigenvalue weighted by Gasteiger charge is 2.10. The number of aliphatic imine (C=N–C) groups is 1. The molecule has 0 aliphatic carbocycles. The fourth-order valence-corrected chi connectivity index (χ4v) is 4.51. The summed E-state index contributed by atoms with van der Waals surface area (Å²) in [6.45, 7) is 8.50. The molecule has 1 aromatic heterocycles. The predicted molar refractivity (Wildman–Crippen MR) is 136 cm³/mol. The monoisotopic (exact) mass is 455 g/mol. The number of aryl methyl sites for hydroxylation is 3. The number of benzene rings is 3. The van der Waals surface area contributed by atoms with Gasteiger partial charge in [-0.15, -0.1) is 0 Å². The van der Waals surface area contributed by atoms with Crippen LogP contribution in [0.25, 0.3) is 5.69 Å². The Balaban J connectivity index is 1.49. The van der Waals surface area contributed by atoms with E-state index in [1.807, 2.05) is 30.5 Å². The van der Waals surface area contributed by atoms with Gasteiger partial charge in [-0.3, -0.25) is 15.1 Å². The van der Waals surface area contributed by atoms with Crippen molar-refractivity contribution >= 4 is 29.4 Å². The first-order valence-electron chi connectivity index (χ1n) is 10.6. The molecule has 0 amide bonds. The Labute approximate surface area is 198 Å². The van der Waals surface area contributed by atoms with E-state index in [2.05, 4.69) is 61.5 Å². The van der Waals surface area contributed by atoms with E-state index >= 15 is 0 Å². The van der Waals surface area contributed by atoms with Gasteiger partial charge in [0.25, 0.3) is 5.69 Å². The lowest BCUT2D eigenvalue weighted by atomic mass is 10.1. The average Bonchev–Trinajstić information content (AvgIpc) is 3.08. The molecule has 5 nitrogen and oxygen atoms in total. The molecule has 0 saturated heterocycles. The zero-order valence-corrected chi connectivity index (χ0v) is 19.9. The smallest absolute Gasteiger partial charge is 0.269 e. The third-order valence-corrected chi connectivity index (χ3v) is 6.71. The summed E-state index contributed by atoms with van der Waals surface area (Å²) in [5, 5.41) is 10.8. The quantitative estimate of drug-likeness (QED) is 0.172. The Morgan fingerprint density at radius 1 is 0.848 bits per heavy atom. The van der Waals surface area contributed by atoms with Crippen LogP contribution < -0.4 is 0 Å². The molecule has 0 atom stereocenters. The number of aromatic nitrogens is 1. The average molecular weight is 456 g/mol. The van der Waals surface area contributed by atoms with E-state index in [9.17, 15) is 10.1 Å². The summed E-state index contributed by atoms with van der Waals surface area (Å²) in [7, 11) is 0. The Bertz CT molecular complexity index is 1340.